The van der Waals surface area contributed by atoms with Gasteiger partial charge >= 0.3 is 0 Å². The average Bonchev–Trinajstić information content (AvgIpc) is 2.55. The van der Waals surface area contributed by atoms with E-state index in [2.05, 4.69) is 28.7 Å². The molecule has 0 unspecified atom stereocenters. The van der Waals surface area contributed by atoms with Crippen LogP contribution in [0.2, 0.25) is 0 Å². The van der Waals surface area contributed by atoms with Gasteiger partial charge in [-0.25, -0.2) is 9.97 Å². The van der Waals surface area contributed by atoms with Gasteiger partial charge in [-0.05, 0) is 57.4 Å². The van der Waals surface area contributed by atoms with Crippen LogP contribution in [-0.2, 0) is 0 Å². The summed E-state index contributed by atoms with van der Waals surface area (Å²) in [7, 11) is 0. The molecular formula is C18H22N4O. The normalized spacial score (nSPS) is 21.2. The molecule has 0 bridgehead atoms. The van der Waals surface area contributed by atoms with Crippen molar-refractivity contribution in [2.45, 2.75) is 45.2 Å². The second-order valence-corrected chi connectivity index (χ2v) is 6.18. The van der Waals surface area contributed by atoms with Gasteiger partial charge in [0.05, 0.1) is 5.56 Å². The number of piperidine rings is 1. The molecule has 1 saturated heterocycles. The van der Waals surface area contributed by atoms with Crippen LogP contribution in [0.1, 0.15) is 49.2 Å². The summed E-state index contributed by atoms with van der Waals surface area (Å²) in [6.07, 6.45) is 5.12. The lowest BCUT2D eigenvalue weighted by Crippen LogP contribution is -2.44. The van der Waals surface area contributed by atoms with E-state index in [1.54, 1.807) is 24.4 Å². The molecule has 2 aromatic rings. The van der Waals surface area contributed by atoms with E-state index in [0.29, 0.717) is 23.3 Å². The van der Waals surface area contributed by atoms with E-state index >= 15 is 0 Å². The van der Waals surface area contributed by atoms with Crippen LogP contribution in [0.15, 0.2) is 36.5 Å². The predicted molar refractivity (Wildman–Crippen MR) is 91.6 cm³/mol. The molecule has 5 heteroatoms. The Labute approximate surface area is 136 Å². The summed E-state index contributed by atoms with van der Waals surface area (Å²) in [6, 6.07) is 9.85. The molecule has 2 atom stereocenters. The van der Waals surface area contributed by atoms with Crippen LogP contribution in [0.3, 0.4) is 0 Å². The SMILES string of the molecule is C[C@@H]1CCC[C@H](C)N1c1cccc(C(=O)c2cccnc2N)n1. The van der Waals surface area contributed by atoms with Gasteiger partial charge in [0.1, 0.15) is 17.3 Å². The maximum atomic E-state index is 12.7. The minimum Gasteiger partial charge on any atom is -0.383 e. The van der Waals surface area contributed by atoms with Crippen LogP contribution in [0.4, 0.5) is 11.6 Å². The summed E-state index contributed by atoms with van der Waals surface area (Å²) in [5.74, 6) is 0.914. The van der Waals surface area contributed by atoms with Crippen LogP contribution in [0.25, 0.3) is 0 Å². The Kier molecular flexibility index (Phi) is 4.28. The molecular weight excluding hydrogens is 288 g/mol. The fraction of sp³-hybridized carbons (Fsp3) is 0.389. The molecule has 3 rings (SSSR count). The number of nitrogen functional groups attached to an aromatic ring is 1. The molecule has 1 fully saturated rings. The van der Waals surface area contributed by atoms with E-state index in [-0.39, 0.29) is 11.6 Å². The molecule has 5 nitrogen and oxygen atoms in total. The zero-order chi connectivity index (χ0) is 16.4. The highest BCUT2D eigenvalue weighted by molar-refractivity contribution is 6.10. The molecule has 0 amide bonds. The quantitative estimate of drug-likeness (QED) is 0.882. The maximum absolute atomic E-state index is 12.7. The zero-order valence-electron chi connectivity index (χ0n) is 13.6. The van der Waals surface area contributed by atoms with Crippen LogP contribution in [-0.4, -0.2) is 27.8 Å². The number of nitrogens with zero attached hydrogens (tertiary/aromatic N) is 3. The van der Waals surface area contributed by atoms with Gasteiger partial charge in [0.15, 0.2) is 0 Å². The molecule has 1 aliphatic rings. The number of carbonyl (C=O) groups excluding carboxylic acids is 1. The van der Waals surface area contributed by atoms with Crippen molar-refractivity contribution < 1.29 is 4.79 Å². The van der Waals surface area contributed by atoms with Gasteiger partial charge in [0, 0.05) is 18.3 Å². The van der Waals surface area contributed by atoms with E-state index in [1.807, 2.05) is 12.1 Å². The van der Waals surface area contributed by atoms with Crippen LogP contribution < -0.4 is 10.6 Å². The molecule has 120 valence electrons. The van der Waals surface area contributed by atoms with Gasteiger partial charge in [-0.3, -0.25) is 4.79 Å². The highest BCUT2D eigenvalue weighted by Gasteiger charge is 2.26. The first-order valence-corrected chi connectivity index (χ1v) is 8.08. The van der Waals surface area contributed by atoms with Crippen molar-refractivity contribution in [3.05, 3.63) is 47.8 Å². The average molecular weight is 310 g/mol. The van der Waals surface area contributed by atoms with Crippen LogP contribution >= 0.6 is 0 Å². The van der Waals surface area contributed by atoms with E-state index in [1.165, 1.54) is 6.42 Å². The zero-order valence-corrected chi connectivity index (χ0v) is 13.6. The molecule has 23 heavy (non-hydrogen) atoms. The number of anilines is 2. The van der Waals surface area contributed by atoms with E-state index in [4.69, 9.17) is 5.73 Å². The number of aromatic nitrogens is 2. The fourth-order valence-corrected chi connectivity index (χ4v) is 3.31. The number of pyridine rings is 2. The Morgan fingerprint density at radius 3 is 2.61 bits per heavy atom. The Hall–Kier alpha value is -2.43. The number of rotatable bonds is 3. The lowest BCUT2D eigenvalue weighted by molar-refractivity contribution is 0.103. The summed E-state index contributed by atoms with van der Waals surface area (Å²) in [6.45, 7) is 4.43. The molecule has 0 aromatic carbocycles. The Bertz CT molecular complexity index is 706. The fourth-order valence-electron chi connectivity index (χ4n) is 3.31. The molecule has 0 spiro atoms. The lowest BCUT2D eigenvalue weighted by Gasteiger charge is -2.40. The van der Waals surface area contributed by atoms with E-state index in [9.17, 15) is 4.79 Å². The summed E-state index contributed by atoms with van der Waals surface area (Å²) in [5.41, 5.74) is 6.62. The number of nitrogens with two attached hydrogens (primary N) is 1. The monoisotopic (exact) mass is 310 g/mol. The van der Waals surface area contributed by atoms with Gasteiger partial charge in [0.2, 0.25) is 5.78 Å². The van der Waals surface area contributed by atoms with Gasteiger partial charge in [0.25, 0.3) is 0 Å². The lowest BCUT2D eigenvalue weighted by atomic mass is 9.97. The molecule has 0 saturated carbocycles. The maximum Gasteiger partial charge on any atom is 0.215 e. The molecule has 3 heterocycles. The number of hydrogen-bond donors (Lipinski definition) is 1. The number of carbonyl (C=O) groups is 1. The number of ketones is 1. The van der Waals surface area contributed by atoms with Gasteiger partial charge in [-0.15, -0.1) is 0 Å². The van der Waals surface area contributed by atoms with Crippen molar-refractivity contribution in [2.75, 3.05) is 10.6 Å². The van der Waals surface area contributed by atoms with Gasteiger partial charge in [-0.2, -0.15) is 0 Å². The Balaban J connectivity index is 1.94. The van der Waals surface area contributed by atoms with E-state index in [0.717, 1.165) is 18.7 Å². The summed E-state index contributed by atoms with van der Waals surface area (Å²) >= 11 is 0. The third-order valence-corrected chi connectivity index (χ3v) is 4.51. The first-order valence-electron chi connectivity index (χ1n) is 8.08. The topological polar surface area (TPSA) is 72.1 Å². The van der Waals surface area contributed by atoms with Crippen molar-refractivity contribution in [1.29, 1.82) is 0 Å². The highest BCUT2D eigenvalue weighted by atomic mass is 16.1. The number of hydrogen-bond acceptors (Lipinski definition) is 5. The third-order valence-electron chi connectivity index (χ3n) is 4.51. The van der Waals surface area contributed by atoms with Crippen LogP contribution in [0, 0.1) is 0 Å². The summed E-state index contributed by atoms with van der Waals surface area (Å²) in [5, 5.41) is 0. The minimum absolute atomic E-state index is 0.185. The largest absolute Gasteiger partial charge is 0.383 e. The smallest absolute Gasteiger partial charge is 0.215 e. The van der Waals surface area contributed by atoms with Crippen molar-refractivity contribution in [2.24, 2.45) is 0 Å². The van der Waals surface area contributed by atoms with Crippen molar-refractivity contribution in [3.63, 3.8) is 0 Å². The van der Waals surface area contributed by atoms with Crippen molar-refractivity contribution in [3.8, 4) is 0 Å². The second-order valence-electron chi connectivity index (χ2n) is 6.18. The second kappa shape index (κ2) is 6.36. The van der Waals surface area contributed by atoms with Crippen molar-refractivity contribution in [1.82, 2.24) is 9.97 Å². The predicted octanol–water partition coefficient (Wildman–Crippen LogP) is 3.06. The first-order chi connectivity index (χ1) is 11.1. The summed E-state index contributed by atoms with van der Waals surface area (Å²) < 4.78 is 0. The Morgan fingerprint density at radius 2 is 1.91 bits per heavy atom. The van der Waals surface area contributed by atoms with Crippen LogP contribution in [0.5, 0.6) is 0 Å². The summed E-state index contributed by atoms with van der Waals surface area (Å²) in [4.78, 5) is 23.6. The van der Waals surface area contributed by atoms with Crippen molar-refractivity contribution >= 4 is 17.4 Å². The molecule has 0 radical (unpaired) electrons. The molecule has 0 aliphatic carbocycles. The van der Waals surface area contributed by atoms with E-state index < -0.39 is 0 Å². The minimum atomic E-state index is -0.185. The third kappa shape index (κ3) is 3.04. The molecule has 2 N–H and O–H groups in total. The highest BCUT2D eigenvalue weighted by Crippen LogP contribution is 2.28. The Morgan fingerprint density at radius 1 is 1.17 bits per heavy atom. The van der Waals surface area contributed by atoms with Gasteiger partial charge in [-0.1, -0.05) is 6.07 Å². The standard InChI is InChI=1S/C18H22N4O/c1-12-6-3-7-13(2)22(12)16-10-4-9-15(21-16)17(23)14-8-5-11-20-18(14)19/h4-5,8-13H,3,6-7H2,1-2H3,(H2,19,20)/t12-,13+. The molecule has 2 aromatic heterocycles. The molecule has 1 aliphatic heterocycles. The first kappa shape index (κ1) is 15.5. The van der Waals surface area contributed by atoms with Gasteiger partial charge < -0.3 is 10.6 Å².